The molecule has 2 aliphatic heterocycles. The summed E-state index contributed by atoms with van der Waals surface area (Å²) in [6.45, 7) is 4.19. The van der Waals surface area contributed by atoms with Gasteiger partial charge in [-0.1, -0.05) is 0 Å². The quantitative estimate of drug-likeness (QED) is 0.801. The van der Waals surface area contributed by atoms with Gasteiger partial charge >= 0.3 is 0 Å². The number of amides is 1. The van der Waals surface area contributed by atoms with Gasteiger partial charge in [0.1, 0.15) is 4.21 Å². The molecular formula is C21H25NO5S2. The number of fused-ring (bicyclic) bond motifs is 1. The summed E-state index contributed by atoms with van der Waals surface area (Å²) in [7, 11) is -1.99. The highest BCUT2D eigenvalue weighted by molar-refractivity contribution is 7.93. The number of ether oxygens (including phenoxy) is 1. The summed E-state index contributed by atoms with van der Waals surface area (Å²) in [5.41, 5.74) is 2.02. The smallest absolute Gasteiger partial charge is 0.227 e. The Labute approximate surface area is 175 Å². The van der Waals surface area contributed by atoms with Gasteiger partial charge in [-0.15, -0.1) is 11.3 Å². The molecule has 0 radical (unpaired) electrons. The molecule has 0 aliphatic carbocycles. The summed E-state index contributed by atoms with van der Waals surface area (Å²) in [4.78, 5) is 13.8. The van der Waals surface area contributed by atoms with Crippen molar-refractivity contribution in [3.63, 3.8) is 0 Å². The van der Waals surface area contributed by atoms with Crippen LogP contribution >= 0.6 is 11.3 Å². The molecule has 156 valence electrons. The lowest BCUT2D eigenvalue weighted by molar-refractivity contribution is -0.118. The van der Waals surface area contributed by atoms with E-state index in [4.69, 9.17) is 4.74 Å². The number of aliphatic hydroxyl groups is 1. The Morgan fingerprint density at radius 2 is 2.03 bits per heavy atom. The molecule has 29 heavy (non-hydrogen) atoms. The van der Waals surface area contributed by atoms with Crippen LogP contribution in [0, 0.1) is 6.92 Å². The lowest BCUT2D eigenvalue weighted by Gasteiger charge is -2.35. The Bertz CT molecular complexity index is 1070. The molecular weight excluding hydrogens is 410 g/mol. The molecule has 2 aromatic rings. The Morgan fingerprint density at radius 3 is 2.76 bits per heavy atom. The van der Waals surface area contributed by atoms with Crippen molar-refractivity contribution >= 4 is 32.8 Å². The molecule has 0 saturated carbocycles. The topological polar surface area (TPSA) is 83.9 Å². The van der Waals surface area contributed by atoms with E-state index in [9.17, 15) is 18.3 Å². The number of benzene rings is 1. The Hall–Kier alpha value is -1.74. The number of aryl methyl sites for hydroxylation is 2. The lowest BCUT2D eigenvalue weighted by atomic mass is 9.86. The van der Waals surface area contributed by atoms with Crippen molar-refractivity contribution in [1.82, 2.24) is 0 Å². The van der Waals surface area contributed by atoms with E-state index in [2.05, 4.69) is 0 Å². The van der Waals surface area contributed by atoms with Crippen LogP contribution in [-0.4, -0.2) is 39.2 Å². The highest BCUT2D eigenvalue weighted by Gasteiger charge is 2.37. The number of anilines is 1. The van der Waals surface area contributed by atoms with Crippen LogP contribution in [0.2, 0.25) is 0 Å². The van der Waals surface area contributed by atoms with Gasteiger partial charge in [0.2, 0.25) is 15.7 Å². The molecule has 6 nitrogen and oxygen atoms in total. The first kappa shape index (κ1) is 20.5. The molecule has 2 atom stereocenters. The first-order chi connectivity index (χ1) is 13.6. The van der Waals surface area contributed by atoms with Crippen LogP contribution in [0.1, 0.15) is 42.9 Å². The van der Waals surface area contributed by atoms with E-state index in [0.717, 1.165) is 28.2 Å². The number of sulfone groups is 1. The third-order valence-corrected chi connectivity index (χ3v) is 9.07. The predicted octanol–water partition coefficient (Wildman–Crippen LogP) is 3.18. The van der Waals surface area contributed by atoms with E-state index in [0.29, 0.717) is 37.9 Å². The maximum absolute atomic E-state index is 13.3. The molecule has 1 saturated heterocycles. The van der Waals surface area contributed by atoms with E-state index in [1.807, 2.05) is 13.8 Å². The van der Waals surface area contributed by atoms with E-state index in [1.165, 1.54) is 0 Å². The van der Waals surface area contributed by atoms with Crippen molar-refractivity contribution in [2.24, 2.45) is 0 Å². The minimum atomic E-state index is -3.71. The minimum absolute atomic E-state index is 0.0399. The average Bonchev–Trinajstić information content (AvgIpc) is 3.16. The Balaban J connectivity index is 1.71. The van der Waals surface area contributed by atoms with Gasteiger partial charge < -0.3 is 14.7 Å². The first-order valence-electron chi connectivity index (χ1n) is 9.70. The summed E-state index contributed by atoms with van der Waals surface area (Å²) in [5.74, 6) is 0.0399. The van der Waals surface area contributed by atoms with Crippen molar-refractivity contribution in [2.75, 3.05) is 18.6 Å². The molecule has 1 fully saturated rings. The summed E-state index contributed by atoms with van der Waals surface area (Å²) < 4.78 is 32.4. The molecule has 1 N–H and O–H groups in total. The normalized spacial score (nSPS) is 25.2. The molecule has 4 rings (SSSR count). The van der Waals surface area contributed by atoms with E-state index in [1.54, 1.807) is 35.5 Å². The van der Waals surface area contributed by atoms with Crippen molar-refractivity contribution in [2.45, 2.75) is 60.3 Å². The van der Waals surface area contributed by atoms with Gasteiger partial charge in [0.05, 0.1) is 23.2 Å². The number of nitrogens with zero attached hydrogens (tertiary/aromatic N) is 1. The average molecular weight is 436 g/mol. The molecule has 1 aromatic heterocycles. The van der Waals surface area contributed by atoms with Crippen molar-refractivity contribution in [3.8, 4) is 0 Å². The number of hydrogen-bond donors (Lipinski definition) is 1. The molecule has 0 bridgehead atoms. The van der Waals surface area contributed by atoms with Crippen molar-refractivity contribution in [3.05, 3.63) is 40.3 Å². The lowest BCUT2D eigenvalue weighted by Crippen LogP contribution is -2.37. The number of carbonyl (C=O) groups excluding carboxylic acids is 1. The SMILES string of the molecule is Cc1cc(S(=O)(=O)c2cc(C3(O)CCOC(C)C3)cs2)cc2c1N(C)C(=O)CC2. The fourth-order valence-electron chi connectivity index (χ4n) is 4.32. The van der Waals surface area contributed by atoms with Crippen LogP contribution in [0.3, 0.4) is 0 Å². The van der Waals surface area contributed by atoms with Crippen LogP contribution in [0.5, 0.6) is 0 Å². The van der Waals surface area contributed by atoms with Gasteiger partial charge in [0.25, 0.3) is 0 Å². The standard InChI is InChI=1S/C21H25NO5S2/c1-13-8-17(9-15-4-5-18(23)22(3)20(13)15)29(25,26)19-10-16(12-28-19)21(24)6-7-27-14(2)11-21/h8-10,12,14,24H,4-7,11H2,1-3H3. The van der Waals surface area contributed by atoms with Gasteiger partial charge in [-0.2, -0.15) is 0 Å². The van der Waals surface area contributed by atoms with E-state index in [-0.39, 0.29) is 21.1 Å². The zero-order valence-electron chi connectivity index (χ0n) is 16.8. The fourth-order valence-corrected chi connectivity index (χ4v) is 7.13. The molecule has 2 aliphatic rings. The zero-order valence-corrected chi connectivity index (χ0v) is 18.4. The summed E-state index contributed by atoms with van der Waals surface area (Å²) in [6.07, 6.45) is 1.74. The third-order valence-electron chi connectivity index (χ3n) is 5.90. The predicted molar refractivity (Wildman–Crippen MR) is 111 cm³/mol. The fraction of sp³-hybridized carbons (Fsp3) is 0.476. The number of hydrogen-bond acceptors (Lipinski definition) is 6. The van der Waals surface area contributed by atoms with Crippen LogP contribution in [0.25, 0.3) is 0 Å². The van der Waals surface area contributed by atoms with Gasteiger partial charge in [0, 0.05) is 32.0 Å². The third kappa shape index (κ3) is 3.52. The summed E-state index contributed by atoms with van der Waals surface area (Å²) >= 11 is 1.14. The zero-order chi connectivity index (χ0) is 21.0. The maximum Gasteiger partial charge on any atom is 0.227 e. The Kier molecular flexibility index (Phi) is 5.09. The molecule has 8 heteroatoms. The minimum Gasteiger partial charge on any atom is -0.385 e. The largest absolute Gasteiger partial charge is 0.385 e. The molecule has 3 heterocycles. The second kappa shape index (κ2) is 7.19. The maximum atomic E-state index is 13.3. The first-order valence-corrected chi connectivity index (χ1v) is 12.1. The van der Waals surface area contributed by atoms with Crippen molar-refractivity contribution in [1.29, 1.82) is 0 Å². The summed E-state index contributed by atoms with van der Waals surface area (Å²) in [5, 5.41) is 12.8. The molecule has 1 amide bonds. The number of rotatable bonds is 3. The monoisotopic (exact) mass is 435 g/mol. The number of thiophene rings is 1. The Morgan fingerprint density at radius 1 is 1.28 bits per heavy atom. The van der Waals surface area contributed by atoms with Crippen LogP contribution in [-0.2, 0) is 31.4 Å². The number of carbonyl (C=O) groups is 1. The summed E-state index contributed by atoms with van der Waals surface area (Å²) in [6, 6.07) is 4.92. The van der Waals surface area contributed by atoms with Crippen LogP contribution in [0.4, 0.5) is 5.69 Å². The van der Waals surface area contributed by atoms with E-state index < -0.39 is 15.4 Å². The molecule has 1 aromatic carbocycles. The highest BCUT2D eigenvalue weighted by Crippen LogP contribution is 2.40. The van der Waals surface area contributed by atoms with Crippen molar-refractivity contribution < 1.29 is 23.1 Å². The second-order valence-electron chi connectivity index (χ2n) is 8.03. The van der Waals surface area contributed by atoms with Gasteiger partial charge in [0.15, 0.2) is 0 Å². The molecule has 2 unspecified atom stereocenters. The van der Waals surface area contributed by atoms with Gasteiger partial charge in [-0.05, 0) is 60.5 Å². The van der Waals surface area contributed by atoms with Gasteiger partial charge in [-0.3, -0.25) is 4.79 Å². The van der Waals surface area contributed by atoms with Crippen LogP contribution in [0.15, 0.2) is 32.7 Å². The highest BCUT2D eigenvalue weighted by atomic mass is 32.2. The molecule has 0 spiro atoms. The van der Waals surface area contributed by atoms with E-state index >= 15 is 0 Å². The second-order valence-corrected chi connectivity index (χ2v) is 11.1. The van der Waals surface area contributed by atoms with Gasteiger partial charge in [-0.25, -0.2) is 8.42 Å². The van der Waals surface area contributed by atoms with Crippen LogP contribution < -0.4 is 4.90 Å².